The number of likely N-dealkylation sites (N-methyl/N-ethyl adjacent to an activating group) is 1. The van der Waals surface area contributed by atoms with Crippen LogP contribution in [0.4, 0.5) is 0 Å². The number of hydrogen-bond acceptors (Lipinski definition) is 9. The molecule has 0 aromatic heterocycles. The third-order valence-corrected chi connectivity index (χ3v) is 8.35. The second kappa shape index (κ2) is 16.7. The number of amides is 2. The van der Waals surface area contributed by atoms with Crippen molar-refractivity contribution in [1.82, 2.24) is 15.5 Å². The maximum Gasteiger partial charge on any atom is 0.245 e. The van der Waals surface area contributed by atoms with E-state index in [0.29, 0.717) is 42.9 Å². The van der Waals surface area contributed by atoms with Crippen LogP contribution in [-0.4, -0.2) is 101 Å². The first-order valence-electron chi connectivity index (χ1n) is 14.6. The third-order valence-electron chi connectivity index (χ3n) is 7.49. The summed E-state index contributed by atoms with van der Waals surface area (Å²) < 4.78 is 11.7. The molecule has 10 nitrogen and oxygen atoms in total. The van der Waals surface area contributed by atoms with Gasteiger partial charge in [-0.15, -0.1) is 24.6 Å². The number of nitrogens with one attached hydrogen (secondary N) is 2. The molecular weight excluding hydrogens is 594 g/mol. The van der Waals surface area contributed by atoms with Gasteiger partial charge in [0.1, 0.15) is 41.1 Å². The lowest BCUT2D eigenvalue weighted by Gasteiger charge is -2.40. The lowest BCUT2D eigenvalue weighted by atomic mass is 9.91. The van der Waals surface area contributed by atoms with Crippen molar-refractivity contribution in [1.29, 1.82) is 0 Å². The van der Waals surface area contributed by atoms with Gasteiger partial charge in [-0.25, -0.2) is 0 Å². The summed E-state index contributed by atoms with van der Waals surface area (Å²) in [6, 6.07) is 12.8. The van der Waals surface area contributed by atoms with Crippen LogP contribution in [-0.2, 0) is 20.7 Å². The van der Waals surface area contributed by atoms with Gasteiger partial charge in [-0.2, -0.15) is 0 Å². The van der Waals surface area contributed by atoms with Crippen LogP contribution >= 0.6 is 11.8 Å². The SMILES string of the molecule is C#CCN(C)CCNC(=O)C(C)(C)NC(=O)CCOc1ccc(Cc2cc([C@@H]3O[C@H](SC)[C@@H](O)[C@H](O)[C@H]3O)ccc2C#C)cc1. The van der Waals surface area contributed by atoms with Crippen molar-refractivity contribution in [2.24, 2.45) is 0 Å². The normalized spacial score (nSPS) is 21.4. The van der Waals surface area contributed by atoms with E-state index in [-0.39, 0.29) is 24.8 Å². The number of nitrogens with zero attached hydrogens (tertiary/aromatic N) is 1. The number of carbonyl (C=O) groups excluding carboxylic acids is 2. The molecule has 1 heterocycles. The van der Waals surface area contributed by atoms with Crippen LogP contribution in [0.1, 0.15) is 48.6 Å². The zero-order valence-corrected chi connectivity index (χ0v) is 27.0. The van der Waals surface area contributed by atoms with E-state index in [4.69, 9.17) is 22.3 Å². The van der Waals surface area contributed by atoms with Gasteiger partial charge in [0, 0.05) is 18.7 Å². The third kappa shape index (κ3) is 9.97. The Morgan fingerprint density at radius 3 is 2.44 bits per heavy atom. The molecule has 3 rings (SSSR count). The van der Waals surface area contributed by atoms with Crippen LogP contribution in [0.3, 0.4) is 0 Å². The van der Waals surface area contributed by atoms with Crippen LogP contribution < -0.4 is 15.4 Å². The topological polar surface area (TPSA) is 141 Å². The fourth-order valence-electron chi connectivity index (χ4n) is 4.86. The minimum atomic E-state index is -1.34. The first-order chi connectivity index (χ1) is 21.4. The standard InChI is InChI=1S/C34H43N3O7S/c1-7-17-37(5)18-16-35-33(42)34(3,4)36-27(38)15-19-43-26-13-9-22(10-14-26)20-25-21-24(12-11-23(25)8-2)31-29(40)28(39)30(41)32(44-31)45-6/h1-2,9-14,21,28-32,39-41H,15-20H2,3-6H3,(H,35,42)(H,36,38)/t28-,29-,30+,31+,32-/m1/s1. The molecule has 0 unspecified atom stereocenters. The van der Waals surface area contributed by atoms with Crippen molar-refractivity contribution in [3.8, 4) is 30.4 Å². The average molecular weight is 638 g/mol. The number of terminal acetylenes is 2. The molecule has 11 heteroatoms. The highest BCUT2D eigenvalue weighted by molar-refractivity contribution is 7.99. The number of ether oxygens (including phenoxy) is 2. The number of rotatable bonds is 14. The fourth-order valence-corrected chi connectivity index (χ4v) is 5.54. The van der Waals surface area contributed by atoms with Crippen molar-refractivity contribution in [2.45, 2.75) is 62.1 Å². The molecule has 5 N–H and O–H groups in total. The molecule has 2 amide bonds. The van der Waals surface area contributed by atoms with Gasteiger partial charge >= 0.3 is 0 Å². The predicted molar refractivity (Wildman–Crippen MR) is 174 cm³/mol. The molecule has 0 spiro atoms. The monoisotopic (exact) mass is 637 g/mol. The van der Waals surface area contributed by atoms with Gasteiger partial charge in [0.25, 0.3) is 0 Å². The molecule has 5 atom stereocenters. The van der Waals surface area contributed by atoms with E-state index in [1.165, 1.54) is 11.8 Å². The number of thioether (sulfide) groups is 1. The molecule has 1 fully saturated rings. The lowest BCUT2D eigenvalue weighted by Crippen LogP contribution is -2.55. The predicted octanol–water partition coefficient (Wildman–Crippen LogP) is 1.45. The Labute approximate surface area is 269 Å². The number of aliphatic hydroxyl groups excluding tert-OH is 3. The van der Waals surface area contributed by atoms with E-state index in [2.05, 4.69) is 22.5 Å². The zero-order chi connectivity index (χ0) is 33.1. The Balaban J connectivity index is 1.53. The minimum Gasteiger partial charge on any atom is -0.493 e. The van der Waals surface area contributed by atoms with Crippen LogP contribution in [0.2, 0.25) is 0 Å². The van der Waals surface area contributed by atoms with Gasteiger partial charge in [0.05, 0.1) is 19.6 Å². The van der Waals surface area contributed by atoms with Crippen molar-refractivity contribution >= 4 is 23.6 Å². The molecule has 45 heavy (non-hydrogen) atoms. The van der Waals surface area contributed by atoms with E-state index in [9.17, 15) is 24.9 Å². The molecule has 1 saturated heterocycles. The molecule has 2 aromatic rings. The quantitative estimate of drug-likeness (QED) is 0.195. The summed E-state index contributed by atoms with van der Waals surface area (Å²) in [5.41, 5.74) is 1.35. The summed E-state index contributed by atoms with van der Waals surface area (Å²) in [5, 5.41) is 36.7. The highest BCUT2D eigenvalue weighted by atomic mass is 32.2. The number of carbonyl (C=O) groups is 2. The molecule has 0 bridgehead atoms. The van der Waals surface area contributed by atoms with Crippen LogP contribution in [0.25, 0.3) is 0 Å². The summed E-state index contributed by atoms with van der Waals surface area (Å²) >= 11 is 1.26. The Morgan fingerprint density at radius 1 is 1.09 bits per heavy atom. The van der Waals surface area contributed by atoms with E-state index in [1.807, 2.05) is 30.1 Å². The van der Waals surface area contributed by atoms with Crippen molar-refractivity contribution in [3.63, 3.8) is 0 Å². The van der Waals surface area contributed by atoms with Gasteiger partial charge in [0.2, 0.25) is 11.8 Å². The van der Waals surface area contributed by atoms with E-state index < -0.39 is 35.4 Å². The van der Waals surface area contributed by atoms with Gasteiger partial charge < -0.3 is 35.4 Å². The zero-order valence-electron chi connectivity index (χ0n) is 26.2. The summed E-state index contributed by atoms with van der Waals surface area (Å²) in [4.78, 5) is 26.9. The van der Waals surface area contributed by atoms with Crippen LogP contribution in [0, 0.1) is 24.7 Å². The Hall–Kier alpha value is -3.55. The van der Waals surface area contributed by atoms with Crippen LogP contribution in [0.15, 0.2) is 42.5 Å². The van der Waals surface area contributed by atoms with E-state index >= 15 is 0 Å². The fraction of sp³-hybridized carbons (Fsp3) is 0.471. The van der Waals surface area contributed by atoms with Crippen molar-refractivity contribution in [3.05, 3.63) is 64.7 Å². The number of benzene rings is 2. The van der Waals surface area contributed by atoms with Gasteiger partial charge in [0.15, 0.2) is 0 Å². The average Bonchev–Trinajstić information content (AvgIpc) is 3.00. The lowest BCUT2D eigenvalue weighted by molar-refractivity contribution is -0.200. The molecular formula is C34H43N3O7S. The molecule has 1 aliphatic rings. The Bertz CT molecular complexity index is 1380. The second-order valence-corrected chi connectivity index (χ2v) is 12.4. The summed E-state index contributed by atoms with van der Waals surface area (Å²) in [7, 11) is 1.86. The molecule has 0 radical (unpaired) electrons. The second-order valence-electron chi connectivity index (χ2n) is 11.5. The Morgan fingerprint density at radius 2 is 1.80 bits per heavy atom. The summed E-state index contributed by atoms with van der Waals surface area (Å²) in [6.07, 6.45) is 8.69. The first-order valence-corrected chi connectivity index (χ1v) is 15.9. The minimum absolute atomic E-state index is 0.0693. The smallest absolute Gasteiger partial charge is 0.245 e. The molecule has 242 valence electrons. The molecule has 0 aliphatic carbocycles. The van der Waals surface area contributed by atoms with Crippen LogP contribution in [0.5, 0.6) is 5.75 Å². The van der Waals surface area contributed by atoms with Gasteiger partial charge in [-0.05, 0) is 68.5 Å². The highest BCUT2D eigenvalue weighted by Crippen LogP contribution is 2.36. The number of hydrogen-bond donors (Lipinski definition) is 5. The van der Waals surface area contributed by atoms with Gasteiger partial charge in [-0.3, -0.25) is 14.5 Å². The molecule has 2 aromatic carbocycles. The summed E-state index contributed by atoms with van der Waals surface area (Å²) in [5.74, 6) is 5.22. The maximum atomic E-state index is 12.5. The summed E-state index contributed by atoms with van der Waals surface area (Å²) in [6.45, 7) is 4.91. The maximum absolute atomic E-state index is 12.5. The van der Waals surface area contributed by atoms with Gasteiger partial charge in [-0.1, -0.05) is 36.1 Å². The molecule has 1 aliphatic heterocycles. The highest BCUT2D eigenvalue weighted by Gasteiger charge is 2.44. The largest absolute Gasteiger partial charge is 0.493 e. The van der Waals surface area contributed by atoms with Crippen molar-refractivity contribution < 1.29 is 34.4 Å². The number of aliphatic hydroxyl groups is 3. The van der Waals surface area contributed by atoms with E-state index in [0.717, 1.165) is 11.1 Å². The van der Waals surface area contributed by atoms with Crippen molar-refractivity contribution in [2.75, 3.05) is 39.5 Å². The first kappa shape index (κ1) is 35.9. The molecule has 0 saturated carbocycles. The Kier molecular flexibility index (Phi) is 13.3. The van der Waals surface area contributed by atoms with E-state index in [1.54, 1.807) is 44.4 Å².